The highest BCUT2D eigenvalue weighted by Crippen LogP contribution is 2.31. The van der Waals surface area contributed by atoms with Gasteiger partial charge in [-0.15, -0.1) is 0 Å². The molecule has 0 unspecified atom stereocenters. The molecule has 5 heterocycles. The van der Waals surface area contributed by atoms with Crippen LogP contribution in [0.3, 0.4) is 0 Å². The van der Waals surface area contributed by atoms with Crippen molar-refractivity contribution in [1.82, 2.24) is 24.3 Å². The second-order valence-electron chi connectivity index (χ2n) is 11.0. The first kappa shape index (κ1) is 28.0. The predicted octanol–water partition coefficient (Wildman–Crippen LogP) is 5.42. The maximum Gasteiger partial charge on any atom is 0.335 e. The lowest BCUT2D eigenvalue weighted by atomic mass is 10.0. The Hall–Kier alpha value is -4.78. The molecule has 0 spiro atoms. The standard InChI is InChI=1S/C31H25F4N5O4/c32-23-12-22(25-2-1-3-29(37-25)44-15-19-11-20-13-31(34,35)16-40(20)38-19)24(33)8-18(23)10-28-36-26-5-4-17(30(41)42)9-27(26)39(28)14-21-6-7-43-21/h1-5,8-9,11-12,21H,6-7,10,13-16H2,(H,41,42)/t21-/m0/s1. The second-order valence-corrected chi connectivity index (χ2v) is 11.0. The third kappa shape index (κ3) is 5.39. The summed E-state index contributed by atoms with van der Waals surface area (Å²) in [5, 5.41) is 13.6. The number of alkyl halides is 2. The lowest BCUT2D eigenvalue weighted by Crippen LogP contribution is -2.31. The molecule has 44 heavy (non-hydrogen) atoms. The number of hydrogen-bond acceptors (Lipinski definition) is 6. The minimum Gasteiger partial charge on any atom is -0.478 e. The number of aromatic carboxylic acids is 1. The van der Waals surface area contributed by atoms with Crippen LogP contribution in [0.25, 0.3) is 22.3 Å². The fraction of sp³-hybridized carbons (Fsp3) is 0.290. The molecule has 226 valence electrons. The SMILES string of the molecule is O=C(O)c1ccc2nc(Cc3cc(F)c(-c4cccc(OCc5cc6n(n5)CC(F)(F)C6)n4)cc3F)n(C[C@@H]3CCO3)c2c1. The van der Waals surface area contributed by atoms with Crippen molar-refractivity contribution in [3.63, 3.8) is 0 Å². The number of aromatic nitrogens is 5. The van der Waals surface area contributed by atoms with E-state index < -0.39 is 30.1 Å². The van der Waals surface area contributed by atoms with Crippen LogP contribution in [0.15, 0.2) is 54.6 Å². The summed E-state index contributed by atoms with van der Waals surface area (Å²) in [5.74, 6) is -4.66. The van der Waals surface area contributed by atoms with Gasteiger partial charge in [-0.25, -0.2) is 32.3 Å². The molecule has 0 aliphatic carbocycles. The molecule has 1 saturated heterocycles. The smallest absolute Gasteiger partial charge is 0.335 e. The Bertz CT molecular complexity index is 1890. The predicted molar refractivity (Wildman–Crippen MR) is 149 cm³/mol. The zero-order valence-electron chi connectivity index (χ0n) is 23.1. The molecular formula is C31H25F4N5O4. The molecule has 0 amide bonds. The zero-order valence-corrected chi connectivity index (χ0v) is 23.1. The highest BCUT2D eigenvalue weighted by Gasteiger charge is 2.38. The Labute approximate surface area is 247 Å². The molecule has 13 heteroatoms. The highest BCUT2D eigenvalue weighted by atomic mass is 19.3. The largest absolute Gasteiger partial charge is 0.478 e. The number of carboxylic acid groups (broad SMARTS) is 1. The Morgan fingerprint density at radius 1 is 1.09 bits per heavy atom. The molecule has 5 aromatic rings. The van der Waals surface area contributed by atoms with Gasteiger partial charge in [-0.2, -0.15) is 5.10 Å². The first-order valence-corrected chi connectivity index (χ1v) is 14.0. The normalized spacial score (nSPS) is 17.0. The van der Waals surface area contributed by atoms with Gasteiger partial charge in [0.1, 0.15) is 36.3 Å². The van der Waals surface area contributed by atoms with Crippen molar-refractivity contribution in [3.05, 3.63) is 94.6 Å². The third-order valence-electron chi connectivity index (χ3n) is 7.84. The molecule has 1 fully saturated rings. The molecule has 3 aromatic heterocycles. The fourth-order valence-electron chi connectivity index (χ4n) is 5.56. The number of hydrogen-bond donors (Lipinski definition) is 1. The van der Waals surface area contributed by atoms with E-state index in [4.69, 9.17) is 9.47 Å². The maximum atomic E-state index is 15.5. The van der Waals surface area contributed by atoms with E-state index in [1.807, 2.05) is 0 Å². The second kappa shape index (κ2) is 10.7. The summed E-state index contributed by atoms with van der Waals surface area (Å²) in [6.07, 6.45) is 0.328. The van der Waals surface area contributed by atoms with Crippen molar-refractivity contribution >= 4 is 17.0 Å². The summed E-state index contributed by atoms with van der Waals surface area (Å²) < 4.78 is 72.3. The first-order valence-electron chi connectivity index (χ1n) is 14.0. The first-order chi connectivity index (χ1) is 21.1. The molecule has 2 aliphatic heterocycles. The minimum atomic E-state index is -2.81. The van der Waals surface area contributed by atoms with Gasteiger partial charge in [0.25, 0.3) is 5.92 Å². The summed E-state index contributed by atoms with van der Waals surface area (Å²) >= 11 is 0. The maximum absolute atomic E-state index is 15.5. The van der Waals surface area contributed by atoms with Gasteiger partial charge in [-0.1, -0.05) is 6.07 Å². The van der Waals surface area contributed by atoms with Crippen molar-refractivity contribution in [3.8, 4) is 17.1 Å². The number of benzene rings is 2. The van der Waals surface area contributed by atoms with Crippen LogP contribution in [-0.4, -0.2) is 54.0 Å². The number of rotatable bonds is 9. The van der Waals surface area contributed by atoms with Gasteiger partial charge in [-0.05, 0) is 54.4 Å². The average molecular weight is 608 g/mol. The van der Waals surface area contributed by atoms with Crippen LogP contribution in [0.2, 0.25) is 0 Å². The molecule has 2 aliphatic rings. The number of pyridine rings is 1. The van der Waals surface area contributed by atoms with Crippen LogP contribution in [0.1, 0.15) is 39.6 Å². The number of ether oxygens (including phenoxy) is 2. The average Bonchev–Trinajstić information content (AvgIpc) is 3.58. The number of carbonyl (C=O) groups is 1. The van der Waals surface area contributed by atoms with E-state index in [0.29, 0.717) is 41.4 Å². The molecule has 0 radical (unpaired) electrons. The summed E-state index contributed by atoms with van der Waals surface area (Å²) in [7, 11) is 0. The summed E-state index contributed by atoms with van der Waals surface area (Å²) in [4.78, 5) is 20.5. The lowest BCUT2D eigenvalue weighted by molar-refractivity contribution is -0.0589. The quantitative estimate of drug-likeness (QED) is 0.223. The number of fused-ring (bicyclic) bond motifs is 2. The Kier molecular flexibility index (Phi) is 6.84. The van der Waals surface area contributed by atoms with Crippen molar-refractivity contribution in [1.29, 1.82) is 0 Å². The number of nitrogens with zero attached hydrogens (tertiary/aromatic N) is 5. The van der Waals surface area contributed by atoms with Gasteiger partial charge in [0.05, 0.1) is 41.4 Å². The van der Waals surface area contributed by atoms with E-state index in [1.165, 1.54) is 22.9 Å². The Morgan fingerprint density at radius 2 is 1.93 bits per heavy atom. The van der Waals surface area contributed by atoms with Crippen molar-refractivity contribution in [2.24, 2.45) is 0 Å². The number of halogens is 4. The van der Waals surface area contributed by atoms with Gasteiger partial charge in [-0.3, -0.25) is 4.68 Å². The number of carboxylic acids is 1. The minimum absolute atomic E-state index is 0.0291. The molecule has 7 rings (SSSR count). The van der Waals surface area contributed by atoms with Crippen LogP contribution in [0.5, 0.6) is 5.88 Å². The molecule has 0 bridgehead atoms. The number of imidazole rings is 1. The van der Waals surface area contributed by atoms with Crippen LogP contribution < -0.4 is 4.74 Å². The van der Waals surface area contributed by atoms with E-state index in [1.54, 1.807) is 28.8 Å². The summed E-state index contributed by atoms with van der Waals surface area (Å²) in [6.45, 7) is 0.526. The van der Waals surface area contributed by atoms with E-state index in [9.17, 15) is 18.7 Å². The van der Waals surface area contributed by atoms with Crippen LogP contribution in [0.4, 0.5) is 17.6 Å². The summed E-state index contributed by atoms with van der Waals surface area (Å²) in [6, 6.07) is 13.0. The Morgan fingerprint density at radius 3 is 2.68 bits per heavy atom. The Balaban J connectivity index is 1.12. The third-order valence-corrected chi connectivity index (χ3v) is 7.84. The van der Waals surface area contributed by atoms with Gasteiger partial charge >= 0.3 is 5.97 Å². The zero-order chi connectivity index (χ0) is 30.6. The van der Waals surface area contributed by atoms with Crippen LogP contribution in [0, 0.1) is 11.6 Å². The molecule has 1 N–H and O–H groups in total. The monoisotopic (exact) mass is 607 g/mol. The summed E-state index contributed by atoms with van der Waals surface area (Å²) in [5.41, 5.74) is 2.24. The molecule has 9 nitrogen and oxygen atoms in total. The van der Waals surface area contributed by atoms with Gasteiger partial charge < -0.3 is 19.1 Å². The van der Waals surface area contributed by atoms with E-state index in [-0.39, 0.29) is 53.8 Å². The van der Waals surface area contributed by atoms with Gasteiger partial charge in [0.2, 0.25) is 5.88 Å². The lowest BCUT2D eigenvalue weighted by Gasteiger charge is -2.27. The fourth-order valence-corrected chi connectivity index (χ4v) is 5.56. The van der Waals surface area contributed by atoms with Crippen molar-refractivity contribution in [2.45, 2.75) is 51.0 Å². The van der Waals surface area contributed by atoms with Crippen molar-refractivity contribution in [2.75, 3.05) is 6.61 Å². The van der Waals surface area contributed by atoms with Gasteiger partial charge in [0.15, 0.2) is 0 Å². The van der Waals surface area contributed by atoms with E-state index in [2.05, 4.69) is 15.1 Å². The van der Waals surface area contributed by atoms with Crippen LogP contribution >= 0.6 is 0 Å². The van der Waals surface area contributed by atoms with E-state index >= 15 is 8.78 Å². The van der Waals surface area contributed by atoms with Gasteiger partial charge in [0, 0.05) is 30.4 Å². The van der Waals surface area contributed by atoms with Crippen molar-refractivity contribution < 1.29 is 36.9 Å². The molecule has 1 atom stereocenters. The van der Waals surface area contributed by atoms with Crippen LogP contribution in [-0.2, 0) is 37.3 Å². The highest BCUT2D eigenvalue weighted by molar-refractivity contribution is 5.92. The van der Waals surface area contributed by atoms with E-state index in [0.717, 1.165) is 18.6 Å². The molecule has 2 aromatic carbocycles. The molecule has 0 saturated carbocycles. The topological polar surface area (TPSA) is 104 Å². The molecular weight excluding hydrogens is 582 g/mol.